The zero-order chi connectivity index (χ0) is 12.1. The van der Waals surface area contributed by atoms with E-state index in [4.69, 9.17) is 10.2 Å². The lowest BCUT2D eigenvalue weighted by Gasteiger charge is -2.14. The van der Waals surface area contributed by atoms with Gasteiger partial charge in [-0.2, -0.15) is 0 Å². The van der Waals surface area contributed by atoms with E-state index in [2.05, 4.69) is 10.3 Å². The minimum absolute atomic E-state index is 0.0396. The van der Waals surface area contributed by atoms with Crippen molar-refractivity contribution in [3.63, 3.8) is 0 Å². The largest absolute Gasteiger partial charge is 0.480 e. The van der Waals surface area contributed by atoms with Crippen LogP contribution in [-0.2, 0) is 4.79 Å². The van der Waals surface area contributed by atoms with Gasteiger partial charge in [0.1, 0.15) is 17.4 Å². The van der Waals surface area contributed by atoms with E-state index < -0.39 is 18.0 Å². The molecule has 16 heavy (non-hydrogen) atoms. The van der Waals surface area contributed by atoms with Crippen molar-refractivity contribution < 1.29 is 19.8 Å². The van der Waals surface area contributed by atoms with Crippen LogP contribution in [0.4, 0.5) is 5.82 Å². The van der Waals surface area contributed by atoms with Crippen LogP contribution in [0.25, 0.3) is 0 Å². The highest BCUT2D eigenvalue weighted by atomic mass is 16.4. The second-order valence-corrected chi connectivity index (χ2v) is 3.15. The molecule has 0 saturated carbocycles. The summed E-state index contributed by atoms with van der Waals surface area (Å²) >= 11 is 0. The molecule has 86 valence electrons. The van der Waals surface area contributed by atoms with Crippen molar-refractivity contribution in [1.29, 1.82) is 0 Å². The molecule has 1 heterocycles. The number of rotatable bonds is 5. The molecule has 0 aliphatic rings. The summed E-state index contributed by atoms with van der Waals surface area (Å²) in [6.45, 7) is 1.69. The molecular formula is C10H12N2O4. The number of hydrogen-bond donors (Lipinski definition) is 3. The maximum absolute atomic E-state index is 10.8. The summed E-state index contributed by atoms with van der Waals surface area (Å²) in [6.07, 6.45) is 1.74. The van der Waals surface area contributed by atoms with E-state index in [0.717, 1.165) is 0 Å². The second kappa shape index (κ2) is 5.11. The van der Waals surface area contributed by atoms with Crippen LogP contribution in [0.3, 0.4) is 0 Å². The van der Waals surface area contributed by atoms with Gasteiger partial charge in [0, 0.05) is 6.20 Å². The van der Waals surface area contributed by atoms with E-state index in [1.54, 1.807) is 6.92 Å². The van der Waals surface area contributed by atoms with Crippen molar-refractivity contribution in [3.05, 3.63) is 23.9 Å². The molecule has 1 aromatic rings. The van der Waals surface area contributed by atoms with Crippen LogP contribution >= 0.6 is 0 Å². The maximum atomic E-state index is 10.8. The van der Waals surface area contributed by atoms with Crippen LogP contribution < -0.4 is 5.32 Å². The topological polar surface area (TPSA) is 99.5 Å². The molecule has 0 aliphatic heterocycles. The summed E-state index contributed by atoms with van der Waals surface area (Å²) in [5.41, 5.74) is -0.0396. The molecule has 3 N–H and O–H groups in total. The standard InChI is InChI=1S/C10H12N2O4/c1-2-7(10(15)16)12-8-6(9(13)14)4-3-5-11-8/h3-5,7H,2H2,1H3,(H,11,12)(H,13,14)(H,15,16). The molecule has 0 fully saturated rings. The minimum Gasteiger partial charge on any atom is -0.480 e. The van der Waals surface area contributed by atoms with Crippen LogP contribution in [0.2, 0.25) is 0 Å². The van der Waals surface area contributed by atoms with E-state index in [-0.39, 0.29) is 11.4 Å². The quantitative estimate of drug-likeness (QED) is 0.691. The number of nitrogens with one attached hydrogen (secondary N) is 1. The van der Waals surface area contributed by atoms with Gasteiger partial charge in [0.15, 0.2) is 0 Å². The predicted octanol–water partition coefficient (Wildman–Crippen LogP) is 1.05. The molecule has 1 atom stereocenters. The SMILES string of the molecule is CCC(Nc1ncccc1C(=O)O)C(=O)O. The van der Waals surface area contributed by atoms with E-state index in [9.17, 15) is 9.59 Å². The molecule has 0 radical (unpaired) electrons. The number of nitrogens with zero attached hydrogens (tertiary/aromatic N) is 1. The van der Waals surface area contributed by atoms with Gasteiger partial charge in [0.2, 0.25) is 0 Å². The average molecular weight is 224 g/mol. The lowest BCUT2D eigenvalue weighted by molar-refractivity contribution is -0.137. The Morgan fingerprint density at radius 3 is 2.69 bits per heavy atom. The number of aliphatic carboxylic acids is 1. The lowest BCUT2D eigenvalue weighted by atomic mass is 10.2. The number of aromatic carboxylic acids is 1. The summed E-state index contributed by atoms with van der Waals surface area (Å²) in [7, 11) is 0. The van der Waals surface area contributed by atoms with Crippen molar-refractivity contribution in [2.75, 3.05) is 5.32 Å². The Morgan fingerprint density at radius 1 is 1.50 bits per heavy atom. The van der Waals surface area contributed by atoms with Gasteiger partial charge in [-0.3, -0.25) is 0 Å². The third kappa shape index (κ3) is 2.69. The highest BCUT2D eigenvalue weighted by Gasteiger charge is 2.18. The van der Waals surface area contributed by atoms with Gasteiger partial charge < -0.3 is 15.5 Å². The molecule has 0 aliphatic carbocycles. The molecule has 0 saturated heterocycles. The lowest BCUT2D eigenvalue weighted by Crippen LogP contribution is -2.29. The predicted molar refractivity (Wildman–Crippen MR) is 56.5 cm³/mol. The number of pyridine rings is 1. The Kier molecular flexibility index (Phi) is 3.82. The smallest absolute Gasteiger partial charge is 0.339 e. The maximum Gasteiger partial charge on any atom is 0.339 e. The first-order valence-corrected chi connectivity index (χ1v) is 4.74. The number of carboxylic acid groups (broad SMARTS) is 2. The molecule has 1 unspecified atom stereocenters. The van der Waals surface area contributed by atoms with E-state index >= 15 is 0 Å². The summed E-state index contributed by atoms with van der Waals surface area (Å²) in [5, 5.41) is 20.3. The van der Waals surface area contributed by atoms with Gasteiger partial charge in [-0.25, -0.2) is 14.6 Å². The van der Waals surface area contributed by atoms with E-state index in [1.807, 2.05) is 0 Å². The van der Waals surface area contributed by atoms with E-state index in [1.165, 1.54) is 18.3 Å². The monoisotopic (exact) mass is 224 g/mol. The Balaban J connectivity index is 2.95. The first-order chi connectivity index (χ1) is 7.56. The molecule has 0 bridgehead atoms. The summed E-state index contributed by atoms with van der Waals surface area (Å²) in [4.78, 5) is 25.4. The highest BCUT2D eigenvalue weighted by molar-refractivity contribution is 5.93. The van der Waals surface area contributed by atoms with Gasteiger partial charge in [-0.1, -0.05) is 6.92 Å². The molecule has 1 aromatic heterocycles. The highest BCUT2D eigenvalue weighted by Crippen LogP contribution is 2.13. The second-order valence-electron chi connectivity index (χ2n) is 3.15. The van der Waals surface area contributed by atoms with Crippen LogP contribution in [0.5, 0.6) is 0 Å². The number of aromatic nitrogens is 1. The Bertz CT molecular complexity index is 406. The fraction of sp³-hybridized carbons (Fsp3) is 0.300. The molecule has 0 amide bonds. The minimum atomic E-state index is -1.14. The van der Waals surface area contributed by atoms with Gasteiger partial charge in [0.25, 0.3) is 0 Å². The molecule has 6 heteroatoms. The van der Waals surface area contributed by atoms with Gasteiger partial charge in [0.05, 0.1) is 0 Å². The fourth-order valence-electron chi connectivity index (χ4n) is 1.20. The van der Waals surface area contributed by atoms with Crippen LogP contribution in [-0.4, -0.2) is 33.2 Å². The van der Waals surface area contributed by atoms with Crippen molar-refractivity contribution in [1.82, 2.24) is 4.98 Å². The fourth-order valence-corrected chi connectivity index (χ4v) is 1.20. The van der Waals surface area contributed by atoms with Gasteiger partial charge >= 0.3 is 11.9 Å². The van der Waals surface area contributed by atoms with Crippen molar-refractivity contribution in [2.24, 2.45) is 0 Å². The molecule has 0 aromatic carbocycles. The molecule has 0 spiro atoms. The Labute approximate surface area is 91.9 Å². The molecule has 6 nitrogen and oxygen atoms in total. The Morgan fingerprint density at radius 2 is 2.19 bits per heavy atom. The molecular weight excluding hydrogens is 212 g/mol. The summed E-state index contributed by atoms with van der Waals surface area (Å²) in [6, 6.07) is 2.01. The number of carboxylic acids is 2. The van der Waals surface area contributed by atoms with Gasteiger partial charge in [-0.15, -0.1) is 0 Å². The van der Waals surface area contributed by atoms with Crippen LogP contribution in [0.15, 0.2) is 18.3 Å². The number of hydrogen-bond acceptors (Lipinski definition) is 4. The van der Waals surface area contributed by atoms with Gasteiger partial charge in [-0.05, 0) is 18.6 Å². The third-order valence-electron chi connectivity index (χ3n) is 2.06. The number of anilines is 1. The zero-order valence-electron chi connectivity index (χ0n) is 8.67. The molecule has 1 rings (SSSR count). The van der Waals surface area contributed by atoms with E-state index in [0.29, 0.717) is 6.42 Å². The third-order valence-corrected chi connectivity index (χ3v) is 2.06. The van der Waals surface area contributed by atoms with Crippen molar-refractivity contribution in [2.45, 2.75) is 19.4 Å². The van der Waals surface area contributed by atoms with Crippen molar-refractivity contribution >= 4 is 17.8 Å². The summed E-state index contributed by atoms with van der Waals surface area (Å²) in [5.74, 6) is -2.11. The van der Waals surface area contributed by atoms with Crippen molar-refractivity contribution in [3.8, 4) is 0 Å². The summed E-state index contributed by atoms with van der Waals surface area (Å²) < 4.78 is 0. The average Bonchev–Trinajstić information content (AvgIpc) is 2.25. The van der Waals surface area contributed by atoms with Crippen LogP contribution in [0.1, 0.15) is 23.7 Å². The number of carbonyl (C=O) groups is 2. The first kappa shape index (κ1) is 12.0. The Hall–Kier alpha value is -2.11. The van der Waals surface area contributed by atoms with Crippen LogP contribution in [0, 0.1) is 0 Å². The normalized spacial score (nSPS) is 11.8. The first-order valence-electron chi connectivity index (χ1n) is 4.74. The zero-order valence-corrected chi connectivity index (χ0v) is 8.67.